The van der Waals surface area contributed by atoms with E-state index in [-0.39, 0.29) is 10.8 Å². The number of hydrogen-bond acceptors (Lipinski definition) is 2. The average Bonchev–Trinajstić information content (AvgIpc) is 3.67. The number of rotatable bonds is 5. The Morgan fingerprint density at radius 3 is 1.44 bits per heavy atom. The molecule has 61 heavy (non-hydrogen) atoms. The summed E-state index contributed by atoms with van der Waals surface area (Å²) >= 11 is 0. The summed E-state index contributed by atoms with van der Waals surface area (Å²) in [6.45, 7) is 9.51. The van der Waals surface area contributed by atoms with Gasteiger partial charge < -0.3 is 4.90 Å². The maximum absolute atomic E-state index is 4.41. The fourth-order valence-corrected chi connectivity index (χ4v) is 11.0. The van der Waals surface area contributed by atoms with Gasteiger partial charge in [-0.25, -0.2) is 0 Å². The third kappa shape index (κ3) is 5.18. The number of pyridine rings is 1. The Labute approximate surface area is 357 Å². The standard InChI is InChI=1S/C59H44N2/c1-58(2)52-23-12-11-17-43(52)45-28-25-40(35-54(45)58)61(39-30-32-60-33-31-39)41-26-29-46-44-27-24-38(34-53(44)59(3,4)55(46)36-41)56-48-18-7-9-20-50(48)57(51-21-10-8-19-49(51)56)47-22-13-15-37-14-5-6-16-42(37)47/h5-36H,1-4H3. The Morgan fingerprint density at radius 2 is 0.803 bits per heavy atom. The second kappa shape index (κ2) is 13.1. The van der Waals surface area contributed by atoms with Gasteiger partial charge in [-0.2, -0.15) is 0 Å². The maximum atomic E-state index is 4.41. The van der Waals surface area contributed by atoms with E-state index in [1.54, 1.807) is 0 Å². The summed E-state index contributed by atoms with van der Waals surface area (Å²) < 4.78 is 0. The van der Waals surface area contributed by atoms with Gasteiger partial charge in [0.25, 0.3) is 0 Å². The minimum Gasteiger partial charge on any atom is -0.310 e. The van der Waals surface area contributed by atoms with E-state index in [2.05, 4.69) is 220 Å². The fraction of sp³-hybridized carbons (Fsp3) is 0.102. The topological polar surface area (TPSA) is 16.1 Å². The van der Waals surface area contributed by atoms with E-state index in [0.717, 1.165) is 17.1 Å². The van der Waals surface area contributed by atoms with Crippen molar-refractivity contribution in [1.82, 2.24) is 4.98 Å². The molecule has 2 aliphatic carbocycles. The molecule has 9 aromatic carbocycles. The van der Waals surface area contributed by atoms with Crippen LogP contribution >= 0.6 is 0 Å². The van der Waals surface area contributed by atoms with Crippen LogP contribution in [0.2, 0.25) is 0 Å². The van der Waals surface area contributed by atoms with Crippen molar-refractivity contribution in [3.63, 3.8) is 0 Å². The molecular formula is C59H44N2. The molecule has 0 saturated carbocycles. The van der Waals surface area contributed by atoms with Gasteiger partial charge in [-0.05, 0) is 142 Å². The Bertz CT molecular complexity index is 3360. The molecule has 1 heterocycles. The van der Waals surface area contributed by atoms with Crippen molar-refractivity contribution in [3.8, 4) is 44.5 Å². The molecule has 0 aliphatic heterocycles. The van der Waals surface area contributed by atoms with Gasteiger partial charge in [0.05, 0.1) is 0 Å². The quantitative estimate of drug-likeness (QED) is 0.162. The average molecular weight is 781 g/mol. The van der Waals surface area contributed by atoms with Crippen LogP contribution in [-0.4, -0.2) is 4.98 Å². The van der Waals surface area contributed by atoms with Crippen LogP contribution in [0, 0.1) is 0 Å². The number of aromatic nitrogens is 1. The predicted molar refractivity (Wildman–Crippen MR) is 257 cm³/mol. The molecule has 0 unspecified atom stereocenters. The molecule has 10 aromatic rings. The summed E-state index contributed by atoms with van der Waals surface area (Å²) in [6, 6.07) is 67.9. The van der Waals surface area contributed by atoms with Crippen LogP contribution in [0.1, 0.15) is 49.9 Å². The van der Waals surface area contributed by atoms with Gasteiger partial charge in [0.15, 0.2) is 0 Å². The molecule has 0 saturated heterocycles. The molecule has 0 fully saturated rings. The molecule has 12 rings (SSSR count). The van der Waals surface area contributed by atoms with E-state index in [0.29, 0.717) is 0 Å². The van der Waals surface area contributed by atoms with Crippen LogP contribution < -0.4 is 4.90 Å². The van der Waals surface area contributed by atoms with Crippen molar-refractivity contribution in [3.05, 3.63) is 217 Å². The molecule has 0 N–H and O–H groups in total. The van der Waals surface area contributed by atoms with Gasteiger partial charge in [0, 0.05) is 40.3 Å². The van der Waals surface area contributed by atoms with E-state index in [9.17, 15) is 0 Å². The second-order valence-electron chi connectivity index (χ2n) is 17.9. The van der Waals surface area contributed by atoms with Crippen LogP contribution in [0.25, 0.3) is 76.8 Å². The lowest BCUT2D eigenvalue weighted by atomic mass is 9.80. The maximum Gasteiger partial charge on any atom is 0.0492 e. The zero-order chi connectivity index (χ0) is 41.0. The lowest BCUT2D eigenvalue weighted by molar-refractivity contribution is 0.660. The molecule has 290 valence electrons. The van der Waals surface area contributed by atoms with Gasteiger partial charge in [0.2, 0.25) is 0 Å². The fourth-order valence-electron chi connectivity index (χ4n) is 11.0. The molecule has 0 atom stereocenters. The van der Waals surface area contributed by atoms with Crippen LogP contribution in [-0.2, 0) is 10.8 Å². The van der Waals surface area contributed by atoms with E-state index in [1.165, 1.54) is 99.1 Å². The highest BCUT2D eigenvalue weighted by molar-refractivity contribution is 6.23. The third-order valence-electron chi connectivity index (χ3n) is 13.9. The zero-order valence-electron chi connectivity index (χ0n) is 34.9. The number of nitrogens with zero attached hydrogens (tertiary/aromatic N) is 2. The SMILES string of the molecule is CC1(C)c2ccccc2-c2ccc(N(c3ccncc3)c3ccc4c(c3)C(C)(C)c3cc(-c5c6ccccc6c(-c6cccc7ccccc67)c6ccccc56)ccc3-4)cc21. The first-order valence-electron chi connectivity index (χ1n) is 21.4. The summed E-state index contributed by atoms with van der Waals surface area (Å²) in [5.74, 6) is 0. The van der Waals surface area contributed by atoms with Crippen LogP contribution in [0.3, 0.4) is 0 Å². The Kier molecular flexibility index (Phi) is 7.66. The normalized spacial score (nSPS) is 14.2. The highest BCUT2D eigenvalue weighted by atomic mass is 15.1. The largest absolute Gasteiger partial charge is 0.310 e. The first-order valence-corrected chi connectivity index (χ1v) is 21.4. The van der Waals surface area contributed by atoms with E-state index < -0.39 is 0 Å². The molecule has 0 radical (unpaired) electrons. The van der Waals surface area contributed by atoms with E-state index in [1.807, 2.05) is 12.4 Å². The summed E-state index contributed by atoms with van der Waals surface area (Å²) in [5, 5.41) is 7.62. The first kappa shape index (κ1) is 35.6. The lowest BCUT2D eigenvalue weighted by Gasteiger charge is -2.29. The third-order valence-corrected chi connectivity index (χ3v) is 13.9. The van der Waals surface area contributed by atoms with Gasteiger partial charge in [0.1, 0.15) is 0 Å². The van der Waals surface area contributed by atoms with Gasteiger partial charge >= 0.3 is 0 Å². The Balaban J connectivity index is 1.00. The van der Waals surface area contributed by atoms with E-state index in [4.69, 9.17) is 0 Å². The number of anilines is 3. The molecule has 2 nitrogen and oxygen atoms in total. The molecule has 0 spiro atoms. The number of hydrogen-bond donors (Lipinski definition) is 0. The molecule has 0 bridgehead atoms. The summed E-state index contributed by atoms with van der Waals surface area (Å²) in [4.78, 5) is 6.81. The van der Waals surface area contributed by atoms with Crippen molar-refractivity contribution in [1.29, 1.82) is 0 Å². The minimum absolute atomic E-state index is 0.0992. The number of fused-ring (bicyclic) bond motifs is 9. The van der Waals surface area contributed by atoms with Gasteiger partial charge in [-0.3, -0.25) is 4.98 Å². The van der Waals surface area contributed by atoms with E-state index >= 15 is 0 Å². The molecule has 2 aliphatic rings. The van der Waals surface area contributed by atoms with Crippen molar-refractivity contribution >= 4 is 49.4 Å². The van der Waals surface area contributed by atoms with Gasteiger partial charge in [-0.15, -0.1) is 0 Å². The highest BCUT2D eigenvalue weighted by Crippen LogP contribution is 2.54. The zero-order valence-corrected chi connectivity index (χ0v) is 34.9. The van der Waals surface area contributed by atoms with Crippen molar-refractivity contribution < 1.29 is 0 Å². The van der Waals surface area contributed by atoms with Crippen LogP contribution in [0.4, 0.5) is 17.1 Å². The lowest BCUT2D eigenvalue weighted by Crippen LogP contribution is -2.18. The van der Waals surface area contributed by atoms with Crippen LogP contribution in [0.15, 0.2) is 194 Å². The summed E-state index contributed by atoms with van der Waals surface area (Å²) in [7, 11) is 0. The second-order valence-corrected chi connectivity index (χ2v) is 17.9. The number of benzene rings is 9. The molecular weight excluding hydrogens is 737 g/mol. The molecule has 2 heteroatoms. The molecule has 1 aromatic heterocycles. The monoisotopic (exact) mass is 780 g/mol. The summed E-state index contributed by atoms with van der Waals surface area (Å²) in [6.07, 6.45) is 3.79. The Hall–Kier alpha value is -7.29. The van der Waals surface area contributed by atoms with Crippen molar-refractivity contribution in [2.24, 2.45) is 0 Å². The Morgan fingerprint density at radius 1 is 0.344 bits per heavy atom. The van der Waals surface area contributed by atoms with Crippen LogP contribution in [0.5, 0.6) is 0 Å². The minimum atomic E-state index is -0.239. The highest BCUT2D eigenvalue weighted by Gasteiger charge is 2.38. The van der Waals surface area contributed by atoms with Gasteiger partial charge in [-0.1, -0.05) is 167 Å². The van der Waals surface area contributed by atoms with Crippen molar-refractivity contribution in [2.75, 3.05) is 4.90 Å². The summed E-state index contributed by atoms with van der Waals surface area (Å²) in [5.41, 5.74) is 18.8. The molecule has 0 amide bonds. The predicted octanol–water partition coefficient (Wildman–Crippen LogP) is 16.0. The smallest absolute Gasteiger partial charge is 0.0492 e. The first-order chi connectivity index (χ1) is 29.8. The van der Waals surface area contributed by atoms with Crippen molar-refractivity contribution in [2.45, 2.75) is 38.5 Å².